The molecular weight excluding hydrogens is 829 g/mol. The molecule has 0 unspecified atom stereocenters. The fourth-order valence-electron chi connectivity index (χ4n) is 9.40. The summed E-state index contributed by atoms with van der Waals surface area (Å²) in [6.07, 6.45) is 58.1. The zero-order chi connectivity index (χ0) is 48.9. The quantitative estimate of drug-likeness (QED) is 0.0343. The molecule has 0 fully saturated rings. The van der Waals surface area contributed by atoms with Crippen LogP contribution in [0.25, 0.3) is 0 Å². The Kier molecular flexibility index (Phi) is 52.5. The van der Waals surface area contributed by atoms with E-state index in [1.165, 1.54) is 231 Å². The summed E-state index contributed by atoms with van der Waals surface area (Å²) >= 11 is 0. The third-order valence-electron chi connectivity index (χ3n) is 14.0. The molecule has 0 N–H and O–H groups in total. The lowest BCUT2D eigenvalue weighted by molar-refractivity contribution is -0.167. The van der Waals surface area contributed by atoms with Gasteiger partial charge in [-0.05, 0) is 31.1 Å². The van der Waals surface area contributed by atoms with Crippen molar-refractivity contribution in [2.75, 3.05) is 13.2 Å². The molecule has 0 saturated carbocycles. The molecule has 0 radical (unpaired) electrons. The van der Waals surface area contributed by atoms with Crippen LogP contribution in [0.3, 0.4) is 0 Å². The number of esters is 3. The highest BCUT2D eigenvalue weighted by Crippen LogP contribution is 2.18. The molecule has 0 heterocycles. The minimum absolute atomic E-state index is 0.0622. The highest BCUT2D eigenvalue weighted by atomic mass is 16.6. The maximum absolute atomic E-state index is 12.9. The van der Waals surface area contributed by atoms with Crippen molar-refractivity contribution in [2.24, 2.45) is 11.8 Å². The van der Waals surface area contributed by atoms with Crippen LogP contribution in [0.5, 0.6) is 0 Å². The molecule has 67 heavy (non-hydrogen) atoms. The Morgan fingerprint density at radius 3 is 0.731 bits per heavy atom. The molecule has 6 heteroatoms. The number of ether oxygens (including phenoxy) is 3. The van der Waals surface area contributed by atoms with Crippen LogP contribution in [0.1, 0.15) is 343 Å². The van der Waals surface area contributed by atoms with Crippen molar-refractivity contribution in [3.8, 4) is 0 Å². The highest BCUT2D eigenvalue weighted by molar-refractivity contribution is 5.71. The molecule has 0 aromatic carbocycles. The molecule has 0 aromatic heterocycles. The van der Waals surface area contributed by atoms with Gasteiger partial charge in [0.1, 0.15) is 13.2 Å². The molecule has 0 saturated heterocycles. The summed E-state index contributed by atoms with van der Waals surface area (Å²) in [5.41, 5.74) is 0. The molecule has 0 aliphatic heterocycles. The van der Waals surface area contributed by atoms with E-state index in [9.17, 15) is 14.4 Å². The lowest BCUT2D eigenvalue weighted by atomic mass is 10.0. The summed E-state index contributed by atoms with van der Waals surface area (Å²) in [5, 5.41) is 0. The van der Waals surface area contributed by atoms with Crippen molar-refractivity contribution in [3.05, 3.63) is 0 Å². The van der Waals surface area contributed by atoms with Gasteiger partial charge in [-0.3, -0.25) is 14.4 Å². The lowest BCUT2D eigenvalue weighted by Gasteiger charge is -2.18. The molecule has 0 aliphatic rings. The van der Waals surface area contributed by atoms with Crippen molar-refractivity contribution < 1.29 is 28.6 Å². The zero-order valence-electron chi connectivity index (χ0n) is 46.0. The number of carbonyl (C=O) groups is 3. The van der Waals surface area contributed by atoms with Crippen LogP contribution in [0.15, 0.2) is 0 Å². The van der Waals surface area contributed by atoms with Crippen LogP contribution in [-0.4, -0.2) is 37.2 Å². The van der Waals surface area contributed by atoms with Crippen LogP contribution < -0.4 is 0 Å². The van der Waals surface area contributed by atoms with E-state index in [0.717, 1.165) is 69.6 Å². The van der Waals surface area contributed by atoms with Crippen LogP contribution >= 0.6 is 0 Å². The number of hydrogen-bond acceptors (Lipinski definition) is 6. The first kappa shape index (κ1) is 65.4. The molecule has 0 spiro atoms. The van der Waals surface area contributed by atoms with Crippen LogP contribution in [0.2, 0.25) is 0 Å². The summed E-state index contributed by atoms with van der Waals surface area (Å²) in [7, 11) is 0. The van der Waals surface area contributed by atoms with Gasteiger partial charge in [-0.15, -0.1) is 0 Å². The third kappa shape index (κ3) is 55.2. The number of rotatable bonds is 55. The first-order valence-corrected chi connectivity index (χ1v) is 30.2. The Labute approximate surface area is 418 Å². The molecule has 0 amide bonds. The standard InChI is InChI=1S/C61H118O6/c1-6-7-8-9-10-11-12-13-21-26-31-36-41-46-51-59(62)65-54-58(67-61(64)53-48-43-38-33-28-23-18-17-20-25-30-35-40-45-50-57(4)5)55-66-60(63)52-47-42-37-32-27-22-16-14-15-19-24-29-34-39-44-49-56(2)3/h56-58H,6-55H2,1-5H3/t58-/m1/s1. The van der Waals surface area contributed by atoms with Crippen molar-refractivity contribution >= 4 is 17.9 Å². The molecule has 1 atom stereocenters. The SMILES string of the molecule is CCCCCCCCCCCCCCCCC(=O)OC[C@H](COC(=O)CCCCCCCCCCCCCCCCCC(C)C)OC(=O)CCCCCCCCCCCCCCCCC(C)C. The van der Waals surface area contributed by atoms with Crippen molar-refractivity contribution in [3.63, 3.8) is 0 Å². The maximum atomic E-state index is 12.9. The van der Waals surface area contributed by atoms with Gasteiger partial charge in [-0.2, -0.15) is 0 Å². The second-order valence-corrected chi connectivity index (χ2v) is 21.9. The van der Waals surface area contributed by atoms with Crippen LogP contribution in [0.4, 0.5) is 0 Å². The van der Waals surface area contributed by atoms with E-state index in [2.05, 4.69) is 34.6 Å². The van der Waals surface area contributed by atoms with Crippen molar-refractivity contribution in [1.82, 2.24) is 0 Å². The average molecular weight is 948 g/mol. The van der Waals surface area contributed by atoms with Gasteiger partial charge >= 0.3 is 17.9 Å². The predicted octanol–water partition coefficient (Wildman–Crippen LogP) is 20.0. The van der Waals surface area contributed by atoms with Crippen LogP contribution in [0, 0.1) is 11.8 Å². The first-order valence-electron chi connectivity index (χ1n) is 30.2. The Balaban J connectivity index is 4.29. The van der Waals surface area contributed by atoms with Gasteiger partial charge in [0.05, 0.1) is 0 Å². The topological polar surface area (TPSA) is 78.9 Å². The molecular formula is C61H118O6. The molecule has 398 valence electrons. The Bertz CT molecular complexity index is 1020. The monoisotopic (exact) mass is 947 g/mol. The Morgan fingerprint density at radius 1 is 0.284 bits per heavy atom. The van der Waals surface area contributed by atoms with Gasteiger partial charge < -0.3 is 14.2 Å². The second kappa shape index (κ2) is 53.8. The van der Waals surface area contributed by atoms with Gasteiger partial charge in [0.25, 0.3) is 0 Å². The van der Waals surface area contributed by atoms with E-state index in [1.54, 1.807) is 0 Å². The normalized spacial score (nSPS) is 12.0. The Morgan fingerprint density at radius 2 is 0.493 bits per heavy atom. The smallest absolute Gasteiger partial charge is 0.306 e. The van der Waals surface area contributed by atoms with Crippen molar-refractivity contribution in [2.45, 2.75) is 349 Å². The van der Waals surface area contributed by atoms with E-state index >= 15 is 0 Å². The fraction of sp³-hybridized carbons (Fsp3) is 0.951. The second-order valence-electron chi connectivity index (χ2n) is 21.9. The molecule has 6 nitrogen and oxygen atoms in total. The van der Waals surface area contributed by atoms with Gasteiger partial charge in [0.15, 0.2) is 6.10 Å². The summed E-state index contributed by atoms with van der Waals surface area (Å²) in [5.74, 6) is 0.858. The maximum Gasteiger partial charge on any atom is 0.306 e. The third-order valence-corrected chi connectivity index (χ3v) is 14.0. The van der Waals surface area contributed by atoms with Gasteiger partial charge in [-0.1, -0.05) is 304 Å². The largest absolute Gasteiger partial charge is 0.462 e. The molecule has 0 rings (SSSR count). The van der Waals surface area contributed by atoms with Gasteiger partial charge in [0.2, 0.25) is 0 Å². The summed E-state index contributed by atoms with van der Waals surface area (Å²) < 4.78 is 16.9. The average Bonchev–Trinajstić information content (AvgIpc) is 3.30. The zero-order valence-corrected chi connectivity index (χ0v) is 46.0. The van der Waals surface area contributed by atoms with E-state index in [1.807, 2.05) is 0 Å². The van der Waals surface area contributed by atoms with E-state index in [-0.39, 0.29) is 31.1 Å². The van der Waals surface area contributed by atoms with Gasteiger partial charge in [-0.25, -0.2) is 0 Å². The van der Waals surface area contributed by atoms with Crippen LogP contribution in [-0.2, 0) is 28.6 Å². The van der Waals surface area contributed by atoms with E-state index in [4.69, 9.17) is 14.2 Å². The summed E-state index contributed by atoms with van der Waals surface area (Å²) in [4.78, 5) is 38.2. The highest BCUT2D eigenvalue weighted by Gasteiger charge is 2.19. The number of hydrogen-bond donors (Lipinski definition) is 0. The predicted molar refractivity (Wildman–Crippen MR) is 289 cm³/mol. The molecule has 0 bridgehead atoms. The summed E-state index contributed by atoms with van der Waals surface area (Å²) in [6.45, 7) is 11.4. The number of unbranched alkanes of at least 4 members (excludes halogenated alkanes) is 40. The first-order chi connectivity index (χ1) is 32.7. The van der Waals surface area contributed by atoms with E-state index < -0.39 is 6.10 Å². The minimum Gasteiger partial charge on any atom is -0.462 e. The molecule has 0 aliphatic carbocycles. The van der Waals surface area contributed by atoms with Gasteiger partial charge in [0, 0.05) is 19.3 Å². The summed E-state index contributed by atoms with van der Waals surface area (Å²) in [6, 6.07) is 0. The lowest BCUT2D eigenvalue weighted by Crippen LogP contribution is -2.30. The molecule has 0 aromatic rings. The minimum atomic E-state index is -0.763. The van der Waals surface area contributed by atoms with Crippen molar-refractivity contribution in [1.29, 1.82) is 0 Å². The Hall–Kier alpha value is -1.59. The van der Waals surface area contributed by atoms with E-state index in [0.29, 0.717) is 19.3 Å². The fourth-order valence-corrected chi connectivity index (χ4v) is 9.40. The number of carbonyl (C=O) groups excluding carboxylic acids is 3.